The van der Waals surface area contributed by atoms with Crippen LogP contribution in [0.15, 0.2) is 72.9 Å². The zero-order valence-corrected chi connectivity index (χ0v) is 16.2. The first kappa shape index (κ1) is 18.3. The second-order valence-corrected chi connectivity index (χ2v) is 7.09. The monoisotopic (exact) mass is 390 g/mol. The second-order valence-electron chi connectivity index (χ2n) is 6.65. The molecule has 0 unspecified atom stereocenters. The van der Waals surface area contributed by atoms with E-state index in [2.05, 4.69) is 35.4 Å². The molecule has 0 aliphatic rings. The molecule has 0 fully saturated rings. The van der Waals surface area contributed by atoms with Gasteiger partial charge in [0.05, 0.1) is 30.9 Å². The van der Waals surface area contributed by atoms with Crippen molar-refractivity contribution in [3.63, 3.8) is 0 Å². The summed E-state index contributed by atoms with van der Waals surface area (Å²) in [5.41, 5.74) is 4.76. The Hall–Kier alpha value is -3.11. The molecule has 3 aromatic carbocycles. The molecule has 1 heterocycles. The van der Waals surface area contributed by atoms with Crippen molar-refractivity contribution in [3.05, 3.63) is 100 Å². The predicted octanol–water partition coefficient (Wildman–Crippen LogP) is 5.12. The van der Waals surface area contributed by atoms with E-state index in [1.807, 2.05) is 35.1 Å². The van der Waals surface area contributed by atoms with Crippen LogP contribution in [-0.4, -0.2) is 22.9 Å². The summed E-state index contributed by atoms with van der Waals surface area (Å²) in [6, 6.07) is 21.8. The quantitative estimate of drug-likeness (QED) is 0.444. The number of ether oxygens (including phenoxy) is 1. The molecule has 1 aromatic heterocycles. The van der Waals surface area contributed by atoms with Gasteiger partial charge in [0.1, 0.15) is 0 Å². The smallest absolute Gasteiger partial charge is 0.338 e. The second kappa shape index (κ2) is 7.87. The summed E-state index contributed by atoms with van der Waals surface area (Å²) in [6.07, 6.45) is 2.49. The number of hydrogen-bond donors (Lipinski definition) is 0. The molecule has 0 saturated heterocycles. The van der Waals surface area contributed by atoms with Gasteiger partial charge in [0, 0.05) is 10.4 Å². The van der Waals surface area contributed by atoms with Crippen molar-refractivity contribution >= 4 is 28.5 Å². The highest BCUT2D eigenvalue weighted by atomic mass is 35.5. The molecular weight excluding hydrogens is 372 g/mol. The van der Waals surface area contributed by atoms with Crippen molar-refractivity contribution in [2.45, 2.75) is 13.0 Å². The topological polar surface area (TPSA) is 44.1 Å². The standard InChI is InChI=1S/C23H19ClN2O2/c1-28-23(27)21-13-20(24)9-8-18(21)11-17-7-10-22-19(12-17)14-25-26(22)15-16-5-3-2-4-6-16/h2-10,12-14H,11,15H2,1H3. The number of aromatic nitrogens is 2. The van der Waals surface area contributed by atoms with E-state index in [1.54, 1.807) is 12.1 Å². The van der Waals surface area contributed by atoms with E-state index in [1.165, 1.54) is 12.7 Å². The van der Waals surface area contributed by atoms with Crippen molar-refractivity contribution in [2.75, 3.05) is 7.11 Å². The van der Waals surface area contributed by atoms with E-state index < -0.39 is 0 Å². The van der Waals surface area contributed by atoms with Gasteiger partial charge in [-0.15, -0.1) is 0 Å². The molecule has 4 rings (SSSR count). The molecule has 5 heteroatoms. The summed E-state index contributed by atoms with van der Waals surface area (Å²) in [6.45, 7) is 0.730. The third-order valence-electron chi connectivity index (χ3n) is 4.75. The number of hydrogen-bond acceptors (Lipinski definition) is 3. The Bertz CT molecular complexity index is 1140. The lowest BCUT2D eigenvalue weighted by Gasteiger charge is -2.09. The fourth-order valence-electron chi connectivity index (χ4n) is 3.35. The minimum Gasteiger partial charge on any atom is -0.465 e. The fourth-order valence-corrected chi connectivity index (χ4v) is 3.52. The molecule has 0 saturated carbocycles. The molecule has 0 spiro atoms. The zero-order valence-electron chi connectivity index (χ0n) is 15.4. The van der Waals surface area contributed by atoms with E-state index in [9.17, 15) is 4.79 Å². The Morgan fingerprint density at radius 3 is 2.64 bits per heavy atom. The van der Waals surface area contributed by atoms with Gasteiger partial charge in [0.2, 0.25) is 0 Å². The van der Waals surface area contributed by atoms with Gasteiger partial charge < -0.3 is 4.74 Å². The Kier molecular flexibility index (Phi) is 5.13. The van der Waals surface area contributed by atoms with E-state index in [4.69, 9.17) is 16.3 Å². The Balaban J connectivity index is 1.62. The minimum atomic E-state index is -0.380. The van der Waals surface area contributed by atoms with Gasteiger partial charge in [-0.05, 0) is 47.4 Å². The highest BCUT2D eigenvalue weighted by molar-refractivity contribution is 6.31. The van der Waals surface area contributed by atoms with Crippen LogP contribution in [0.1, 0.15) is 27.0 Å². The molecule has 0 bridgehead atoms. The van der Waals surface area contributed by atoms with E-state index in [0.717, 1.165) is 28.6 Å². The van der Waals surface area contributed by atoms with Crippen molar-refractivity contribution in [2.24, 2.45) is 0 Å². The molecule has 0 N–H and O–H groups in total. The average molecular weight is 391 g/mol. The molecule has 0 aliphatic heterocycles. The van der Waals surface area contributed by atoms with Crippen LogP contribution >= 0.6 is 11.6 Å². The number of benzene rings is 3. The van der Waals surface area contributed by atoms with Crippen LogP contribution in [0.25, 0.3) is 10.9 Å². The van der Waals surface area contributed by atoms with Crippen LogP contribution in [0.3, 0.4) is 0 Å². The number of carbonyl (C=O) groups is 1. The van der Waals surface area contributed by atoms with Crippen LogP contribution in [0.2, 0.25) is 5.02 Å². The Labute approximate surface area is 168 Å². The number of nitrogens with zero attached hydrogens (tertiary/aromatic N) is 2. The lowest BCUT2D eigenvalue weighted by atomic mass is 9.99. The van der Waals surface area contributed by atoms with E-state index in [-0.39, 0.29) is 5.97 Å². The van der Waals surface area contributed by atoms with Crippen LogP contribution in [-0.2, 0) is 17.7 Å². The molecule has 0 aliphatic carbocycles. The van der Waals surface area contributed by atoms with Gasteiger partial charge in [-0.1, -0.05) is 54.1 Å². The molecule has 4 aromatic rings. The summed E-state index contributed by atoms with van der Waals surface area (Å²) in [5.74, 6) is -0.380. The zero-order chi connectivity index (χ0) is 19.5. The predicted molar refractivity (Wildman–Crippen MR) is 111 cm³/mol. The van der Waals surface area contributed by atoms with Crippen LogP contribution in [0.5, 0.6) is 0 Å². The van der Waals surface area contributed by atoms with Gasteiger partial charge in [-0.2, -0.15) is 5.10 Å². The first-order valence-corrected chi connectivity index (χ1v) is 9.37. The molecule has 0 amide bonds. The maximum absolute atomic E-state index is 12.1. The van der Waals surface area contributed by atoms with Crippen LogP contribution in [0.4, 0.5) is 0 Å². The highest BCUT2D eigenvalue weighted by Crippen LogP contribution is 2.23. The average Bonchev–Trinajstić information content (AvgIpc) is 3.11. The van der Waals surface area contributed by atoms with Gasteiger partial charge in [-0.25, -0.2) is 4.79 Å². The molecular formula is C23H19ClN2O2. The van der Waals surface area contributed by atoms with Gasteiger partial charge >= 0.3 is 5.97 Å². The summed E-state index contributed by atoms with van der Waals surface area (Å²) in [7, 11) is 1.38. The number of rotatable bonds is 5. The van der Waals surface area contributed by atoms with Gasteiger partial charge in [0.25, 0.3) is 0 Å². The number of esters is 1. The number of fused-ring (bicyclic) bond motifs is 1. The lowest BCUT2D eigenvalue weighted by molar-refractivity contribution is 0.0599. The molecule has 140 valence electrons. The van der Waals surface area contributed by atoms with Gasteiger partial charge in [0.15, 0.2) is 0 Å². The summed E-state index contributed by atoms with van der Waals surface area (Å²) in [4.78, 5) is 12.1. The number of carbonyl (C=O) groups excluding carboxylic acids is 1. The molecule has 0 radical (unpaired) electrons. The normalized spacial score (nSPS) is 10.9. The van der Waals surface area contributed by atoms with Crippen molar-refractivity contribution in [3.8, 4) is 0 Å². The minimum absolute atomic E-state index is 0.380. The molecule has 0 atom stereocenters. The van der Waals surface area contributed by atoms with Crippen LogP contribution in [0, 0.1) is 0 Å². The van der Waals surface area contributed by atoms with E-state index in [0.29, 0.717) is 17.0 Å². The number of methoxy groups -OCH3 is 1. The lowest BCUT2D eigenvalue weighted by Crippen LogP contribution is -2.06. The van der Waals surface area contributed by atoms with Crippen LogP contribution < -0.4 is 0 Å². The summed E-state index contributed by atoms with van der Waals surface area (Å²) < 4.78 is 6.89. The Morgan fingerprint density at radius 1 is 1.04 bits per heavy atom. The maximum Gasteiger partial charge on any atom is 0.338 e. The largest absolute Gasteiger partial charge is 0.465 e. The fraction of sp³-hybridized carbons (Fsp3) is 0.130. The van der Waals surface area contributed by atoms with Gasteiger partial charge in [-0.3, -0.25) is 4.68 Å². The third kappa shape index (κ3) is 3.78. The van der Waals surface area contributed by atoms with Crippen molar-refractivity contribution in [1.82, 2.24) is 9.78 Å². The molecule has 4 nitrogen and oxygen atoms in total. The Morgan fingerprint density at radius 2 is 1.86 bits per heavy atom. The highest BCUT2D eigenvalue weighted by Gasteiger charge is 2.13. The summed E-state index contributed by atoms with van der Waals surface area (Å²) >= 11 is 6.05. The third-order valence-corrected chi connectivity index (χ3v) is 4.99. The number of halogens is 1. The maximum atomic E-state index is 12.1. The SMILES string of the molecule is COC(=O)c1cc(Cl)ccc1Cc1ccc2c(cnn2Cc2ccccc2)c1. The first-order valence-electron chi connectivity index (χ1n) is 8.99. The van der Waals surface area contributed by atoms with E-state index >= 15 is 0 Å². The van der Waals surface area contributed by atoms with Crippen molar-refractivity contribution in [1.29, 1.82) is 0 Å². The summed E-state index contributed by atoms with van der Waals surface area (Å²) in [5, 5.41) is 6.12. The van der Waals surface area contributed by atoms with Crippen molar-refractivity contribution < 1.29 is 9.53 Å². The first-order chi connectivity index (χ1) is 13.6. The molecule has 28 heavy (non-hydrogen) atoms.